The zero-order chi connectivity index (χ0) is 11.1. The van der Waals surface area contributed by atoms with Crippen molar-refractivity contribution in [2.24, 2.45) is 0 Å². The summed E-state index contributed by atoms with van der Waals surface area (Å²) in [6.45, 7) is 5.22. The van der Waals surface area contributed by atoms with Gasteiger partial charge in [0, 0.05) is 17.6 Å². The zero-order valence-corrected chi connectivity index (χ0v) is 10.7. The average molecular weight is 227 g/mol. The number of hydrogen-bond acceptors (Lipinski definition) is 4. The van der Waals surface area contributed by atoms with Gasteiger partial charge in [0.05, 0.1) is 0 Å². The highest BCUT2D eigenvalue weighted by molar-refractivity contribution is 7.09. The van der Waals surface area contributed by atoms with Crippen LogP contribution in [0.1, 0.15) is 23.5 Å². The second kappa shape index (κ2) is 6.93. The topological polar surface area (TPSA) is 28.2 Å². The van der Waals surface area contributed by atoms with Crippen molar-refractivity contribution in [3.63, 3.8) is 0 Å². The van der Waals surface area contributed by atoms with Gasteiger partial charge in [-0.05, 0) is 47.0 Å². The molecule has 4 heteroatoms. The highest BCUT2D eigenvalue weighted by atomic mass is 32.1. The van der Waals surface area contributed by atoms with Crippen LogP contribution in [0.2, 0.25) is 0 Å². The SMILES string of the molecule is Cc1csc(CNCCCCN(C)C)n1. The van der Waals surface area contributed by atoms with Gasteiger partial charge in [-0.2, -0.15) is 0 Å². The number of nitrogens with zero attached hydrogens (tertiary/aromatic N) is 2. The Balaban J connectivity index is 1.98. The van der Waals surface area contributed by atoms with Crippen molar-refractivity contribution in [2.45, 2.75) is 26.3 Å². The van der Waals surface area contributed by atoms with E-state index in [1.165, 1.54) is 24.4 Å². The van der Waals surface area contributed by atoms with Crippen molar-refractivity contribution >= 4 is 11.3 Å². The Morgan fingerprint density at radius 3 is 2.80 bits per heavy atom. The fourth-order valence-electron chi connectivity index (χ4n) is 1.36. The first-order chi connectivity index (χ1) is 7.18. The summed E-state index contributed by atoms with van der Waals surface area (Å²) in [6, 6.07) is 0. The van der Waals surface area contributed by atoms with Crippen molar-refractivity contribution in [3.8, 4) is 0 Å². The molecule has 1 N–H and O–H groups in total. The van der Waals surface area contributed by atoms with E-state index >= 15 is 0 Å². The van der Waals surface area contributed by atoms with Gasteiger partial charge in [0.2, 0.25) is 0 Å². The first-order valence-corrected chi connectivity index (χ1v) is 6.33. The molecule has 0 fully saturated rings. The Morgan fingerprint density at radius 1 is 1.40 bits per heavy atom. The molecular weight excluding hydrogens is 206 g/mol. The molecule has 0 aliphatic rings. The number of unbranched alkanes of at least 4 members (excludes halogenated alkanes) is 1. The minimum atomic E-state index is 0.917. The first kappa shape index (κ1) is 12.6. The van der Waals surface area contributed by atoms with Crippen molar-refractivity contribution < 1.29 is 0 Å². The molecule has 0 bridgehead atoms. The molecule has 0 saturated carbocycles. The summed E-state index contributed by atoms with van der Waals surface area (Å²) < 4.78 is 0. The maximum absolute atomic E-state index is 4.40. The summed E-state index contributed by atoms with van der Waals surface area (Å²) >= 11 is 1.74. The lowest BCUT2D eigenvalue weighted by Crippen LogP contribution is -2.18. The van der Waals surface area contributed by atoms with Crippen molar-refractivity contribution in [2.75, 3.05) is 27.2 Å². The van der Waals surface area contributed by atoms with Crippen LogP contribution >= 0.6 is 11.3 Å². The summed E-state index contributed by atoms with van der Waals surface area (Å²) in [5, 5.41) is 6.71. The molecule has 15 heavy (non-hydrogen) atoms. The van der Waals surface area contributed by atoms with E-state index < -0.39 is 0 Å². The van der Waals surface area contributed by atoms with E-state index in [0.717, 1.165) is 18.8 Å². The minimum Gasteiger partial charge on any atom is -0.310 e. The van der Waals surface area contributed by atoms with Crippen molar-refractivity contribution in [1.82, 2.24) is 15.2 Å². The molecule has 0 unspecified atom stereocenters. The fraction of sp³-hybridized carbons (Fsp3) is 0.727. The molecule has 0 aliphatic heterocycles. The number of nitrogens with one attached hydrogen (secondary N) is 1. The zero-order valence-electron chi connectivity index (χ0n) is 9.92. The van der Waals surface area contributed by atoms with E-state index in [4.69, 9.17) is 0 Å². The van der Waals surface area contributed by atoms with Crippen LogP contribution in [0.25, 0.3) is 0 Å². The van der Waals surface area contributed by atoms with Gasteiger partial charge in [0.1, 0.15) is 5.01 Å². The summed E-state index contributed by atoms with van der Waals surface area (Å²) in [4.78, 5) is 6.63. The highest BCUT2D eigenvalue weighted by Crippen LogP contribution is 2.07. The number of hydrogen-bond donors (Lipinski definition) is 1. The number of aryl methyl sites for hydroxylation is 1. The van der Waals surface area contributed by atoms with E-state index in [0.29, 0.717) is 0 Å². The minimum absolute atomic E-state index is 0.917. The van der Waals surface area contributed by atoms with Crippen LogP contribution in [0, 0.1) is 6.92 Å². The third kappa shape index (κ3) is 5.87. The monoisotopic (exact) mass is 227 g/mol. The van der Waals surface area contributed by atoms with Crippen LogP contribution in [0.15, 0.2) is 5.38 Å². The molecule has 0 aliphatic carbocycles. The molecule has 86 valence electrons. The Hall–Kier alpha value is -0.450. The third-order valence-corrected chi connectivity index (χ3v) is 3.12. The predicted molar refractivity (Wildman–Crippen MR) is 66.3 cm³/mol. The lowest BCUT2D eigenvalue weighted by atomic mass is 10.3. The molecule has 0 spiro atoms. The van der Waals surface area contributed by atoms with Crippen molar-refractivity contribution in [1.29, 1.82) is 0 Å². The fourth-order valence-corrected chi connectivity index (χ4v) is 2.10. The maximum Gasteiger partial charge on any atom is 0.107 e. The van der Waals surface area contributed by atoms with Crippen LogP contribution in [0.5, 0.6) is 0 Å². The normalized spacial score (nSPS) is 11.2. The van der Waals surface area contributed by atoms with E-state index in [2.05, 4.69) is 34.7 Å². The van der Waals surface area contributed by atoms with Crippen molar-refractivity contribution in [3.05, 3.63) is 16.1 Å². The van der Waals surface area contributed by atoms with Crippen LogP contribution in [-0.2, 0) is 6.54 Å². The molecule has 0 saturated heterocycles. The summed E-state index contributed by atoms with van der Waals surface area (Å²) in [5.41, 5.74) is 1.13. The van der Waals surface area contributed by atoms with Gasteiger partial charge in [-0.25, -0.2) is 4.98 Å². The van der Waals surface area contributed by atoms with E-state index in [9.17, 15) is 0 Å². The van der Waals surface area contributed by atoms with Gasteiger partial charge >= 0.3 is 0 Å². The second-order valence-electron chi connectivity index (χ2n) is 4.07. The molecule has 0 atom stereocenters. The third-order valence-electron chi connectivity index (χ3n) is 2.15. The highest BCUT2D eigenvalue weighted by Gasteiger charge is 1.97. The van der Waals surface area contributed by atoms with Gasteiger partial charge in [-0.1, -0.05) is 0 Å². The molecular formula is C11H21N3S. The standard InChI is InChI=1S/C11H21N3S/c1-10-9-15-11(13-10)8-12-6-4-5-7-14(2)3/h9,12H,4-8H2,1-3H3. The summed E-state index contributed by atoms with van der Waals surface area (Å²) in [6.07, 6.45) is 2.50. The van der Waals surface area contributed by atoms with E-state index in [1.54, 1.807) is 11.3 Å². The lowest BCUT2D eigenvalue weighted by Gasteiger charge is -2.08. The predicted octanol–water partition coefficient (Wildman–Crippen LogP) is 1.88. The maximum atomic E-state index is 4.40. The molecule has 0 aromatic carbocycles. The van der Waals surface area contributed by atoms with Gasteiger partial charge in [-0.15, -0.1) is 11.3 Å². The number of rotatable bonds is 7. The van der Waals surface area contributed by atoms with Gasteiger partial charge in [-0.3, -0.25) is 0 Å². The molecule has 1 heterocycles. The largest absolute Gasteiger partial charge is 0.310 e. The van der Waals surface area contributed by atoms with E-state index in [-0.39, 0.29) is 0 Å². The Kier molecular flexibility index (Phi) is 5.83. The second-order valence-corrected chi connectivity index (χ2v) is 5.01. The van der Waals surface area contributed by atoms with Gasteiger partial charge in [0.15, 0.2) is 0 Å². The quantitative estimate of drug-likeness (QED) is 0.721. The first-order valence-electron chi connectivity index (χ1n) is 5.45. The molecule has 0 radical (unpaired) electrons. The summed E-state index contributed by atoms with van der Waals surface area (Å²) in [5.74, 6) is 0. The summed E-state index contributed by atoms with van der Waals surface area (Å²) in [7, 11) is 4.23. The number of aromatic nitrogens is 1. The molecule has 1 rings (SSSR count). The lowest BCUT2D eigenvalue weighted by molar-refractivity contribution is 0.391. The van der Waals surface area contributed by atoms with Crippen LogP contribution in [-0.4, -0.2) is 37.1 Å². The van der Waals surface area contributed by atoms with E-state index in [1.807, 2.05) is 6.92 Å². The molecule has 0 amide bonds. The van der Waals surface area contributed by atoms with Gasteiger partial charge in [0.25, 0.3) is 0 Å². The molecule has 1 aromatic rings. The van der Waals surface area contributed by atoms with Crippen LogP contribution in [0.4, 0.5) is 0 Å². The molecule has 1 aromatic heterocycles. The molecule has 3 nitrogen and oxygen atoms in total. The van der Waals surface area contributed by atoms with Crippen LogP contribution in [0.3, 0.4) is 0 Å². The Labute approximate surface area is 96.5 Å². The van der Waals surface area contributed by atoms with Gasteiger partial charge < -0.3 is 10.2 Å². The Bertz CT molecular complexity index is 271. The smallest absolute Gasteiger partial charge is 0.107 e. The number of thiazole rings is 1. The Morgan fingerprint density at radius 2 is 2.20 bits per heavy atom. The van der Waals surface area contributed by atoms with Crippen LogP contribution < -0.4 is 5.32 Å². The average Bonchev–Trinajstić information content (AvgIpc) is 2.57.